The first kappa shape index (κ1) is 9.05. The quantitative estimate of drug-likeness (QED) is 0.591. The van der Waals surface area contributed by atoms with Crippen LogP contribution in [-0.2, 0) is 0 Å². The van der Waals surface area contributed by atoms with Crippen LogP contribution < -0.4 is 0 Å². The Kier molecular flexibility index (Phi) is 2.69. The summed E-state index contributed by atoms with van der Waals surface area (Å²) in [7, 11) is 0. The Morgan fingerprint density at radius 2 is 2.00 bits per heavy atom. The van der Waals surface area contributed by atoms with E-state index in [1.54, 1.807) is 0 Å². The molecular weight excluding hydrogens is 144 g/mol. The lowest BCUT2D eigenvalue weighted by atomic mass is 9.96. The molecule has 64 valence electrons. The van der Waals surface area contributed by atoms with E-state index in [9.17, 15) is 0 Å². The first-order chi connectivity index (χ1) is 5.70. The van der Waals surface area contributed by atoms with Gasteiger partial charge in [0.25, 0.3) is 0 Å². The molecule has 0 spiro atoms. The molecule has 0 nitrogen and oxygen atoms in total. The minimum absolute atomic E-state index is 0.593. The minimum Gasteiger partial charge on any atom is -0.0988 e. The van der Waals surface area contributed by atoms with Crippen molar-refractivity contribution in [2.45, 2.75) is 20.3 Å². The van der Waals surface area contributed by atoms with Crippen molar-refractivity contribution in [3.05, 3.63) is 48.1 Å². The Morgan fingerprint density at radius 1 is 1.33 bits per heavy atom. The van der Waals surface area contributed by atoms with Gasteiger partial charge in [-0.3, -0.25) is 0 Å². The van der Waals surface area contributed by atoms with E-state index in [0.717, 1.165) is 6.42 Å². The summed E-state index contributed by atoms with van der Waals surface area (Å²) in [4.78, 5) is 0. The lowest BCUT2D eigenvalue weighted by Gasteiger charge is -2.08. The summed E-state index contributed by atoms with van der Waals surface area (Å²) in [5.41, 5.74) is 4.02. The largest absolute Gasteiger partial charge is 0.0988 e. The highest BCUT2D eigenvalue weighted by atomic mass is 14.2. The Morgan fingerprint density at radius 3 is 2.42 bits per heavy atom. The topological polar surface area (TPSA) is 0 Å². The van der Waals surface area contributed by atoms with Crippen molar-refractivity contribution in [3.8, 4) is 0 Å². The Labute approximate surface area is 75.0 Å². The summed E-state index contributed by atoms with van der Waals surface area (Å²) in [5, 5.41) is 0. The number of hydrogen-bond acceptors (Lipinski definition) is 0. The first-order valence-corrected chi connectivity index (χ1v) is 4.39. The molecule has 12 heavy (non-hydrogen) atoms. The number of hydrogen-bond donors (Lipinski definition) is 0. The molecule has 0 saturated carbocycles. The van der Waals surface area contributed by atoms with E-state index in [1.807, 2.05) is 12.2 Å². The van der Waals surface area contributed by atoms with Crippen molar-refractivity contribution in [1.29, 1.82) is 0 Å². The van der Waals surface area contributed by atoms with Gasteiger partial charge in [-0.05, 0) is 29.1 Å². The van der Waals surface area contributed by atoms with Crippen LogP contribution in [0.1, 0.15) is 20.3 Å². The van der Waals surface area contributed by atoms with Gasteiger partial charge < -0.3 is 0 Å². The van der Waals surface area contributed by atoms with E-state index in [0.29, 0.717) is 5.92 Å². The second-order valence-electron chi connectivity index (χ2n) is 3.37. The molecule has 0 amide bonds. The molecule has 1 aliphatic carbocycles. The second kappa shape index (κ2) is 3.57. The van der Waals surface area contributed by atoms with Crippen molar-refractivity contribution in [3.63, 3.8) is 0 Å². The van der Waals surface area contributed by atoms with Gasteiger partial charge in [0.15, 0.2) is 0 Å². The Balaban J connectivity index is 3.01. The van der Waals surface area contributed by atoms with E-state index in [4.69, 9.17) is 0 Å². The maximum absolute atomic E-state index is 3.83. The highest BCUT2D eigenvalue weighted by molar-refractivity contribution is 5.52. The first-order valence-electron chi connectivity index (χ1n) is 4.39. The summed E-state index contributed by atoms with van der Waals surface area (Å²) in [6.45, 7) is 12.0. The van der Waals surface area contributed by atoms with Gasteiger partial charge in [0.1, 0.15) is 0 Å². The van der Waals surface area contributed by atoms with E-state index >= 15 is 0 Å². The lowest BCUT2D eigenvalue weighted by molar-refractivity contribution is 0.785. The van der Waals surface area contributed by atoms with Gasteiger partial charge in [0.2, 0.25) is 0 Å². The van der Waals surface area contributed by atoms with Crippen LogP contribution in [0, 0.1) is 5.92 Å². The van der Waals surface area contributed by atoms with E-state index in [2.05, 4.69) is 33.1 Å². The molecule has 0 aromatic carbocycles. The van der Waals surface area contributed by atoms with Crippen LogP contribution in [0.2, 0.25) is 0 Å². The average molecular weight is 160 g/mol. The van der Waals surface area contributed by atoms with Crippen LogP contribution in [-0.4, -0.2) is 0 Å². The third-order valence-electron chi connectivity index (χ3n) is 2.27. The summed E-state index contributed by atoms with van der Waals surface area (Å²) in [6, 6.07) is 0. The predicted molar refractivity (Wildman–Crippen MR) is 55.0 cm³/mol. The van der Waals surface area contributed by atoms with Crippen molar-refractivity contribution < 1.29 is 0 Å². The highest BCUT2D eigenvalue weighted by Crippen LogP contribution is 2.32. The maximum Gasteiger partial charge on any atom is -0.00855 e. The van der Waals surface area contributed by atoms with Crippen molar-refractivity contribution in [2.75, 3.05) is 0 Å². The summed E-state index contributed by atoms with van der Waals surface area (Å²) in [5.74, 6) is 0.593. The maximum atomic E-state index is 3.83. The molecule has 0 heterocycles. The zero-order chi connectivity index (χ0) is 9.14. The lowest BCUT2D eigenvalue weighted by Crippen LogP contribution is -1.93. The van der Waals surface area contributed by atoms with Crippen LogP contribution in [0.15, 0.2) is 48.1 Å². The molecule has 0 radical (unpaired) electrons. The number of rotatable bonds is 3. The fourth-order valence-corrected chi connectivity index (χ4v) is 1.61. The molecule has 0 unspecified atom stereocenters. The van der Waals surface area contributed by atoms with Crippen LogP contribution in [0.25, 0.3) is 0 Å². The van der Waals surface area contributed by atoms with E-state index < -0.39 is 0 Å². The molecular formula is C12H16. The minimum atomic E-state index is 0.593. The van der Waals surface area contributed by atoms with Gasteiger partial charge in [-0.1, -0.05) is 45.2 Å². The molecule has 0 saturated heterocycles. The van der Waals surface area contributed by atoms with Crippen molar-refractivity contribution >= 4 is 0 Å². The summed E-state index contributed by atoms with van der Waals surface area (Å²) < 4.78 is 0. The third-order valence-corrected chi connectivity index (χ3v) is 2.27. The fourth-order valence-electron chi connectivity index (χ4n) is 1.61. The average Bonchev–Trinajstić information content (AvgIpc) is 2.46. The molecule has 0 bridgehead atoms. The standard InChI is InChI=1S/C12H16/c1-5-10-7-8-12(9(3)4)11(10)6-2/h5-6,8-9H,1-2,7H2,3-4H3. The summed E-state index contributed by atoms with van der Waals surface area (Å²) in [6.07, 6.45) is 7.18. The van der Waals surface area contributed by atoms with Gasteiger partial charge in [-0.25, -0.2) is 0 Å². The Hall–Kier alpha value is -1.04. The van der Waals surface area contributed by atoms with E-state index in [1.165, 1.54) is 16.7 Å². The third kappa shape index (κ3) is 1.42. The molecule has 1 aliphatic rings. The second-order valence-corrected chi connectivity index (χ2v) is 3.37. The van der Waals surface area contributed by atoms with Crippen molar-refractivity contribution in [2.24, 2.45) is 5.92 Å². The molecule has 0 aromatic rings. The smallest absolute Gasteiger partial charge is 0.00855 e. The van der Waals surface area contributed by atoms with Crippen LogP contribution in [0.4, 0.5) is 0 Å². The van der Waals surface area contributed by atoms with E-state index in [-0.39, 0.29) is 0 Å². The SMILES string of the molecule is C=CC1=C(C=C)C(C(C)C)=CC1. The molecule has 1 rings (SSSR count). The molecule has 0 aliphatic heterocycles. The van der Waals surface area contributed by atoms with Gasteiger partial charge in [-0.15, -0.1) is 0 Å². The van der Waals surface area contributed by atoms with Crippen molar-refractivity contribution in [1.82, 2.24) is 0 Å². The highest BCUT2D eigenvalue weighted by Gasteiger charge is 2.14. The monoisotopic (exact) mass is 160 g/mol. The summed E-state index contributed by atoms with van der Waals surface area (Å²) >= 11 is 0. The Bertz CT molecular complexity index is 262. The molecule has 0 atom stereocenters. The molecule has 0 heteroatoms. The predicted octanol–water partition coefficient (Wildman–Crippen LogP) is 3.64. The van der Waals surface area contributed by atoms with Gasteiger partial charge in [0, 0.05) is 0 Å². The molecule has 0 aromatic heterocycles. The van der Waals surface area contributed by atoms with Gasteiger partial charge >= 0.3 is 0 Å². The van der Waals surface area contributed by atoms with Gasteiger partial charge in [-0.2, -0.15) is 0 Å². The fraction of sp³-hybridized carbons (Fsp3) is 0.333. The van der Waals surface area contributed by atoms with Crippen LogP contribution in [0.3, 0.4) is 0 Å². The molecule has 0 fully saturated rings. The van der Waals surface area contributed by atoms with Crippen LogP contribution in [0.5, 0.6) is 0 Å². The van der Waals surface area contributed by atoms with Crippen LogP contribution >= 0.6 is 0 Å². The zero-order valence-electron chi connectivity index (χ0n) is 7.93. The zero-order valence-corrected chi connectivity index (χ0v) is 7.93. The normalized spacial score (nSPS) is 16.8. The number of allylic oxidation sites excluding steroid dienone is 6. The van der Waals surface area contributed by atoms with Gasteiger partial charge in [0.05, 0.1) is 0 Å². The molecule has 0 N–H and O–H groups in total.